The van der Waals surface area contributed by atoms with E-state index >= 15 is 0 Å². The van der Waals surface area contributed by atoms with Crippen molar-refractivity contribution in [2.45, 2.75) is 12.7 Å². The topological polar surface area (TPSA) is 70.9 Å². The molecule has 3 aromatic rings. The van der Waals surface area contributed by atoms with Crippen LogP contribution < -0.4 is 11.3 Å². The predicted molar refractivity (Wildman–Crippen MR) is 99.7 cm³/mol. The van der Waals surface area contributed by atoms with E-state index in [1.165, 1.54) is 0 Å². The minimum atomic E-state index is -0.340. The Labute approximate surface area is 154 Å². The summed E-state index contributed by atoms with van der Waals surface area (Å²) in [6.45, 7) is 0.499. The van der Waals surface area contributed by atoms with Crippen molar-refractivity contribution in [2.75, 3.05) is 7.05 Å². The number of rotatable bonds is 3. The van der Waals surface area contributed by atoms with Gasteiger partial charge in [-0.05, 0) is 35.9 Å². The van der Waals surface area contributed by atoms with Crippen LogP contribution in [0.15, 0.2) is 52.8 Å². The second-order valence-electron chi connectivity index (χ2n) is 5.87. The molecule has 2 heterocycles. The van der Waals surface area contributed by atoms with Crippen LogP contribution in [0.5, 0.6) is 0 Å². The summed E-state index contributed by atoms with van der Waals surface area (Å²) in [6.07, 6.45) is -0.340. The van der Waals surface area contributed by atoms with E-state index in [1.54, 1.807) is 5.01 Å². The molecule has 1 aliphatic rings. The largest absolute Gasteiger partial charge is 0.326 e. The molecule has 0 bridgehead atoms. The molecule has 8 heteroatoms. The molecular formula is C17H16Cl2N6. The molecule has 1 atom stereocenters. The van der Waals surface area contributed by atoms with Gasteiger partial charge in [0.25, 0.3) is 0 Å². The predicted octanol–water partition coefficient (Wildman–Crippen LogP) is 4.21. The molecule has 0 radical (unpaired) electrons. The van der Waals surface area contributed by atoms with Gasteiger partial charge >= 0.3 is 0 Å². The van der Waals surface area contributed by atoms with Crippen molar-refractivity contribution in [2.24, 2.45) is 16.1 Å². The van der Waals surface area contributed by atoms with Crippen LogP contribution in [-0.4, -0.2) is 16.6 Å². The highest BCUT2D eigenvalue weighted by molar-refractivity contribution is 6.38. The zero-order valence-electron chi connectivity index (χ0n) is 13.4. The molecule has 1 aromatic heterocycles. The highest BCUT2D eigenvalue weighted by Crippen LogP contribution is 2.40. The van der Waals surface area contributed by atoms with Crippen LogP contribution in [0, 0.1) is 0 Å². The van der Waals surface area contributed by atoms with E-state index in [1.807, 2.05) is 49.5 Å². The first-order valence-electron chi connectivity index (χ1n) is 7.77. The Balaban J connectivity index is 2.01. The smallest absolute Gasteiger partial charge is 0.185 e. The van der Waals surface area contributed by atoms with Gasteiger partial charge in [0.1, 0.15) is 0 Å². The molecule has 1 aliphatic heterocycles. The van der Waals surface area contributed by atoms with E-state index in [0.717, 1.165) is 27.8 Å². The van der Waals surface area contributed by atoms with Gasteiger partial charge in [0, 0.05) is 29.7 Å². The van der Waals surface area contributed by atoms with Gasteiger partial charge in [-0.25, -0.2) is 5.53 Å². The Morgan fingerprint density at radius 3 is 2.56 bits per heavy atom. The maximum absolute atomic E-state index is 6.73. The van der Waals surface area contributed by atoms with Gasteiger partial charge in [0.15, 0.2) is 6.17 Å². The lowest BCUT2D eigenvalue weighted by molar-refractivity contribution is 0.218. The fourth-order valence-electron chi connectivity index (χ4n) is 3.05. The monoisotopic (exact) mass is 374 g/mol. The summed E-state index contributed by atoms with van der Waals surface area (Å²) in [6, 6.07) is 13.7. The first-order chi connectivity index (χ1) is 12.1. The van der Waals surface area contributed by atoms with Gasteiger partial charge in [-0.15, -0.1) is 5.11 Å². The fourth-order valence-corrected chi connectivity index (χ4v) is 3.56. The first-order valence-corrected chi connectivity index (χ1v) is 8.53. The van der Waals surface area contributed by atoms with E-state index in [-0.39, 0.29) is 6.17 Å². The van der Waals surface area contributed by atoms with E-state index in [4.69, 9.17) is 28.9 Å². The highest BCUT2D eigenvalue weighted by atomic mass is 35.5. The Morgan fingerprint density at radius 2 is 1.92 bits per heavy atom. The third-order valence-corrected chi connectivity index (χ3v) is 4.95. The van der Waals surface area contributed by atoms with Crippen LogP contribution >= 0.6 is 23.2 Å². The third kappa shape index (κ3) is 2.67. The lowest BCUT2D eigenvalue weighted by Gasteiger charge is -2.19. The average Bonchev–Trinajstić information content (AvgIpc) is 3.16. The third-order valence-electron chi connectivity index (χ3n) is 4.31. The number of hydrazine groups is 1. The minimum absolute atomic E-state index is 0.340. The van der Waals surface area contributed by atoms with Gasteiger partial charge in [0.2, 0.25) is 0 Å². The number of aromatic nitrogens is 1. The molecule has 0 fully saturated rings. The van der Waals surface area contributed by atoms with Crippen LogP contribution in [-0.2, 0) is 6.54 Å². The van der Waals surface area contributed by atoms with Crippen molar-refractivity contribution >= 4 is 34.1 Å². The molecule has 0 saturated carbocycles. The van der Waals surface area contributed by atoms with Crippen molar-refractivity contribution < 1.29 is 0 Å². The summed E-state index contributed by atoms with van der Waals surface area (Å²) in [5.74, 6) is 0. The van der Waals surface area contributed by atoms with Crippen LogP contribution in [0.4, 0.5) is 0 Å². The lowest BCUT2D eigenvalue weighted by Crippen LogP contribution is -2.29. The molecule has 25 heavy (non-hydrogen) atoms. The van der Waals surface area contributed by atoms with E-state index in [2.05, 4.69) is 20.4 Å². The molecule has 1 unspecified atom stereocenters. The van der Waals surface area contributed by atoms with Crippen LogP contribution in [0.2, 0.25) is 10.0 Å². The molecule has 3 N–H and O–H groups in total. The molecule has 2 aromatic carbocycles. The standard InChI is InChI=1S/C17H16Cl2N6/c1-24-17(21-22-23-24)16-15(19)13-8-11(18)4-7-14(13)25(16)12-5-2-10(9-20)3-6-12/h2-8,17H,9,20H2,1H3,(H,21,23). The molecule has 0 saturated heterocycles. The molecule has 0 aliphatic carbocycles. The number of halogens is 2. The maximum Gasteiger partial charge on any atom is 0.185 e. The summed E-state index contributed by atoms with van der Waals surface area (Å²) in [7, 11) is 1.87. The number of nitrogens with one attached hydrogen (secondary N) is 1. The number of nitrogens with zero attached hydrogens (tertiary/aromatic N) is 4. The number of hydrogen-bond donors (Lipinski definition) is 2. The zero-order valence-corrected chi connectivity index (χ0v) is 15.0. The van der Waals surface area contributed by atoms with Gasteiger partial charge in [-0.1, -0.05) is 40.6 Å². The van der Waals surface area contributed by atoms with Crippen LogP contribution in [0.3, 0.4) is 0 Å². The van der Waals surface area contributed by atoms with Crippen molar-refractivity contribution in [3.05, 3.63) is 63.8 Å². The summed E-state index contributed by atoms with van der Waals surface area (Å²) >= 11 is 12.9. The summed E-state index contributed by atoms with van der Waals surface area (Å²) in [5.41, 5.74) is 12.4. The normalized spacial score (nSPS) is 17.4. The molecule has 0 spiro atoms. The lowest BCUT2D eigenvalue weighted by atomic mass is 10.2. The quantitative estimate of drug-likeness (QED) is 0.720. The van der Waals surface area contributed by atoms with Crippen molar-refractivity contribution in [1.82, 2.24) is 15.1 Å². The molecule has 0 amide bonds. The average molecular weight is 375 g/mol. The zero-order chi connectivity index (χ0) is 17.6. The highest BCUT2D eigenvalue weighted by Gasteiger charge is 2.30. The number of benzene rings is 2. The SMILES string of the molecule is CN1NN=NC1c1c(Cl)c2cc(Cl)ccc2n1-c1ccc(CN)cc1. The Morgan fingerprint density at radius 1 is 1.16 bits per heavy atom. The van der Waals surface area contributed by atoms with Crippen molar-refractivity contribution in [1.29, 1.82) is 0 Å². The Kier molecular flexibility index (Phi) is 4.13. The second-order valence-corrected chi connectivity index (χ2v) is 6.68. The number of hydrogen-bond acceptors (Lipinski definition) is 5. The van der Waals surface area contributed by atoms with E-state index < -0.39 is 0 Å². The molecular weight excluding hydrogens is 359 g/mol. The van der Waals surface area contributed by atoms with Gasteiger partial charge in [0.05, 0.1) is 16.2 Å². The second kappa shape index (κ2) is 6.31. The van der Waals surface area contributed by atoms with Gasteiger partial charge in [-0.3, -0.25) is 0 Å². The summed E-state index contributed by atoms with van der Waals surface area (Å²) < 4.78 is 2.08. The number of fused-ring (bicyclic) bond motifs is 1. The maximum atomic E-state index is 6.73. The molecule has 128 valence electrons. The fraction of sp³-hybridized carbons (Fsp3) is 0.176. The van der Waals surface area contributed by atoms with Crippen LogP contribution in [0.25, 0.3) is 16.6 Å². The van der Waals surface area contributed by atoms with Gasteiger partial charge < -0.3 is 10.3 Å². The van der Waals surface area contributed by atoms with Crippen LogP contribution in [0.1, 0.15) is 17.4 Å². The first kappa shape index (κ1) is 16.4. The van der Waals surface area contributed by atoms with Gasteiger partial charge in [-0.2, -0.15) is 5.01 Å². The van der Waals surface area contributed by atoms with E-state index in [9.17, 15) is 0 Å². The Hall–Kier alpha value is -2.12. The van der Waals surface area contributed by atoms with Crippen molar-refractivity contribution in [3.63, 3.8) is 0 Å². The molecule has 4 rings (SSSR count). The summed E-state index contributed by atoms with van der Waals surface area (Å²) in [4.78, 5) is 0. The van der Waals surface area contributed by atoms with E-state index in [0.29, 0.717) is 16.6 Å². The Bertz CT molecular complexity index is 963. The van der Waals surface area contributed by atoms with Crippen molar-refractivity contribution in [3.8, 4) is 5.69 Å². The number of nitrogens with two attached hydrogens (primary N) is 1. The molecule has 6 nitrogen and oxygen atoms in total. The summed E-state index contributed by atoms with van der Waals surface area (Å²) in [5, 5.41) is 12.1. The minimum Gasteiger partial charge on any atom is -0.326 e.